The van der Waals surface area contributed by atoms with Crippen LogP contribution in [0.3, 0.4) is 0 Å². The van der Waals surface area contributed by atoms with Crippen LogP contribution in [0, 0.1) is 11.6 Å². The highest BCUT2D eigenvalue weighted by molar-refractivity contribution is 6.30. The third-order valence-electron chi connectivity index (χ3n) is 2.06. The lowest BCUT2D eigenvalue weighted by atomic mass is 10.3. The Hall–Kier alpha value is -1.99. The Morgan fingerprint density at radius 3 is 2.67 bits per heavy atom. The van der Waals surface area contributed by atoms with Crippen molar-refractivity contribution in [1.29, 1.82) is 0 Å². The molecule has 0 aliphatic carbocycles. The van der Waals surface area contributed by atoms with Gasteiger partial charge in [0.05, 0.1) is 11.2 Å². The van der Waals surface area contributed by atoms with Crippen molar-refractivity contribution in [1.82, 2.24) is 9.97 Å². The molecule has 0 unspecified atom stereocenters. The monoisotopic (exact) mass is 271 g/mol. The van der Waals surface area contributed by atoms with Crippen LogP contribution >= 0.6 is 11.6 Å². The van der Waals surface area contributed by atoms with Gasteiger partial charge in [0, 0.05) is 5.69 Å². The number of aromatic nitrogens is 2. The van der Waals surface area contributed by atoms with E-state index in [-0.39, 0.29) is 16.8 Å². The molecule has 0 aliphatic heterocycles. The van der Waals surface area contributed by atoms with Crippen LogP contribution in [0.1, 0.15) is 0 Å². The highest BCUT2D eigenvalue weighted by Crippen LogP contribution is 2.22. The Morgan fingerprint density at radius 2 is 2.00 bits per heavy atom. The van der Waals surface area contributed by atoms with Crippen molar-refractivity contribution in [3.8, 4) is 0 Å². The maximum Gasteiger partial charge on any atom is 0.239 e. The number of nitrogens with zero attached hydrogens (tertiary/aromatic N) is 2. The molecule has 0 fully saturated rings. The first-order valence-electron chi connectivity index (χ1n) is 4.81. The molecule has 0 saturated carbocycles. The largest absolute Gasteiger partial charge is 0.338 e. The minimum atomic E-state index is -0.690. The second-order valence-electron chi connectivity index (χ2n) is 3.29. The first-order chi connectivity index (χ1) is 8.60. The van der Waals surface area contributed by atoms with Gasteiger partial charge in [0.15, 0.2) is 11.6 Å². The number of benzene rings is 1. The SMILES string of the molecule is NNc1ncc(F)c(Nc2ccc(Cl)c(F)c2)n1. The Bertz CT molecular complexity index is 578. The van der Waals surface area contributed by atoms with E-state index in [0.717, 1.165) is 12.3 Å². The van der Waals surface area contributed by atoms with Gasteiger partial charge in [-0.1, -0.05) is 11.6 Å². The molecule has 0 bridgehead atoms. The van der Waals surface area contributed by atoms with E-state index in [1.807, 2.05) is 0 Å². The summed E-state index contributed by atoms with van der Waals surface area (Å²) in [6.45, 7) is 0. The molecule has 8 heteroatoms. The molecule has 0 radical (unpaired) electrons. The standard InChI is InChI=1S/C10H8ClF2N5/c11-6-2-1-5(3-7(6)12)16-9-8(13)4-15-10(17-9)18-14/h1-4H,14H2,(H2,15,16,17,18). The number of nitrogen functional groups attached to an aromatic ring is 1. The zero-order valence-corrected chi connectivity index (χ0v) is 9.67. The lowest BCUT2D eigenvalue weighted by molar-refractivity contribution is 0.618. The first kappa shape index (κ1) is 12.5. The van der Waals surface area contributed by atoms with Crippen molar-refractivity contribution >= 4 is 29.1 Å². The smallest absolute Gasteiger partial charge is 0.239 e. The fourth-order valence-corrected chi connectivity index (χ4v) is 1.35. The molecule has 1 aromatic carbocycles. The topological polar surface area (TPSA) is 75.9 Å². The molecule has 0 aliphatic rings. The summed E-state index contributed by atoms with van der Waals surface area (Å²) in [7, 11) is 0. The van der Waals surface area contributed by atoms with Gasteiger partial charge < -0.3 is 5.32 Å². The number of hydrogen-bond acceptors (Lipinski definition) is 5. The van der Waals surface area contributed by atoms with Crippen LogP contribution in [0.25, 0.3) is 0 Å². The summed E-state index contributed by atoms with van der Waals surface area (Å²) in [6.07, 6.45) is 0.941. The summed E-state index contributed by atoms with van der Waals surface area (Å²) in [6, 6.07) is 3.96. The van der Waals surface area contributed by atoms with Gasteiger partial charge in [0.25, 0.3) is 0 Å². The average Bonchev–Trinajstić information content (AvgIpc) is 2.36. The number of nitrogens with one attached hydrogen (secondary N) is 2. The van der Waals surface area contributed by atoms with E-state index >= 15 is 0 Å². The molecule has 4 N–H and O–H groups in total. The van der Waals surface area contributed by atoms with E-state index in [1.54, 1.807) is 0 Å². The molecule has 1 aromatic heterocycles. The molecule has 18 heavy (non-hydrogen) atoms. The lowest BCUT2D eigenvalue weighted by Crippen LogP contribution is -2.12. The summed E-state index contributed by atoms with van der Waals surface area (Å²) in [4.78, 5) is 7.32. The summed E-state index contributed by atoms with van der Waals surface area (Å²) >= 11 is 5.53. The Kier molecular flexibility index (Phi) is 3.54. The average molecular weight is 272 g/mol. The fourth-order valence-electron chi connectivity index (χ4n) is 1.23. The van der Waals surface area contributed by atoms with Crippen molar-refractivity contribution in [3.63, 3.8) is 0 Å². The number of hydrazine groups is 1. The molecule has 5 nitrogen and oxygen atoms in total. The van der Waals surface area contributed by atoms with Gasteiger partial charge in [0.2, 0.25) is 5.95 Å². The zero-order valence-electron chi connectivity index (χ0n) is 8.92. The Balaban J connectivity index is 2.30. The summed E-state index contributed by atoms with van der Waals surface area (Å²) in [5, 5.41) is 2.57. The van der Waals surface area contributed by atoms with E-state index < -0.39 is 11.6 Å². The Labute approximate surface area is 106 Å². The Morgan fingerprint density at radius 1 is 1.22 bits per heavy atom. The highest BCUT2D eigenvalue weighted by atomic mass is 35.5. The fraction of sp³-hybridized carbons (Fsp3) is 0. The third-order valence-corrected chi connectivity index (χ3v) is 2.36. The van der Waals surface area contributed by atoms with E-state index in [0.29, 0.717) is 5.69 Å². The first-order valence-corrected chi connectivity index (χ1v) is 5.19. The normalized spacial score (nSPS) is 10.2. The van der Waals surface area contributed by atoms with Crippen LogP contribution in [0.4, 0.5) is 26.2 Å². The van der Waals surface area contributed by atoms with Gasteiger partial charge in [-0.2, -0.15) is 4.98 Å². The maximum atomic E-state index is 13.4. The summed E-state index contributed by atoms with van der Waals surface area (Å²) in [5.41, 5.74) is 2.48. The van der Waals surface area contributed by atoms with Crippen LogP contribution in [-0.2, 0) is 0 Å². The summed E-state index contributed by atoms with van der Waals surface area (Å²) in [5.74, 6) is 3.71. The summed E-state index contributed by atoms with van der Waals surface area (Å²) < 4.78 is 26.6. The van der Waals surface area contributed by atoms with Crippen molar-refractivity contribution in [2.75, 3.05) is 10.7 Å². The molecule has 0 amide bonds. The third kappa shape index (κ3) is 2.63. The van der Waals surface area contributed by atoms with Crippen LogP contribution in [0.2, 0.25) is 5.02 Å². The van der Waals surface area contributed by atoms with Gasteiger partial charge in [-0.25, -0.2) is 19.6 Å². The molecule has 2 rings (SSSR count). The zero-order chi connectivity index (χ0) is 13.1. The molecule has 1 heterocycles. The molecule has 2 aromatic rings. The van der Waals surface area contributed by atoms with Gasteiger partial charge in [-0.05, 0) is 18.2 Å². The predicted octanol–water partition coefficient (Wildman–Crippen LogP) is 2.44. The molecule has 0 atom stereocenters. The number of rotatable bonds is 3. The van der Waals surface area contributed by atoms with Gasteiger partial charge in [0.1, 0.15) is 5.82 Å². The minimum Gasteiger partial charge on any atom is -0.338 e. The van der Waals surface area contributed by atoms with E-state index in [4.69, 9.17) is 17.4 Å². The van der Waals surface area contributed by atoms with Crippen LogP contribution in [0.15, 0.2) is 24.4 Å². The van der Waals surface area contributed by atoms with Gasteiger partial charge >= 0.3 is 0 Å². The molecule has 94 valence electrons. The van der Waals surface area contributed by atoms with E-state index in [2.05, 4.69) is 20.7 Å². The van der Waals surface area contributed by atoms with E-state index in [1.165, 1.54) is 12.1 Å². The maximum absolute atomic E-state index is 13.4. The van der Waals surface area contributed by atoms with E-state index in [9.17, 15) is 8.78 Å². The van der Waals surface area contributed by atoms with Crippen molar-refractivity contribution in [2.24, 2.45) is 5.84 Å². The number of hydrogen-bond donors (Lipinski definition) is 3. The van der Waals surface area contributed by atoms with Crippen LogP contribution in [-0.4, -0.2) is 9.97 Å². The quantitative estimate of drug-likeness (QED) is 0.590. The highest BCUT2D eigenvalue weighted by Gasteiger charge is 2.08. The van der Waals surface area contributed by atoms with Crippen molar-refractivity contribution in [3.05, 3.63) is 41.1 Å². The molecule has 0 spiro atoms. The number of halogens is 3. The van der Waals surface area contributed by atoms with Crippen molar-refractivity contribution in [2.45, 2.75) is 0 Å². The second-order valence-corrected chi connectivity index (χ2v) is 3.70. The molecule has 0 saturated heterocycles. The molecular weight excluding hydrogens is 264 g/mol. The minimum absolute atomic E-state index is 0.0203. The second kappa shape index (κ2) is 5.11. The number of anilines is 3. The molecular formula is C10H8ClF2N5. The van der Waals surface area contributed by atoms with Crippen molar-refractivity contribution < 1.29 is 8.78 Å². The van der Waals surface area contributed by atoms with Crippen LogP contribution < -0.4 is 16.6 Å². The lowest BCUT2D eigenvalue weighted by Gasteiger charge is -2.08. The predicted molar refractivity (Wildman–Crippen MR) is 64.5 cm³/mol. The van der Waals surface area contributed by atoms with Crippen LogP contribution in [0.5, 0.6) is 0 Å². The van der Waals surface area contributed by atoms with Gasteiger partial charge in [-0.15, -0.1) is 0 Å². The van der Waals surface area contributed by atoms with Gasteiger partial charge in [-0.3, -0.25) is 5.43 Å². The number of nitrogens with two attached hydrogens (primary N) is 1.